The molecule has 0 fully saturated rings. The van der Waals surface area contributed by atoms with Crippen molar-refractivity contribution in [3.8, 4) is 0 Å². The number of aromatic nitrogens is 3. The van der Waals surface area contributed by atoms with Crippen molar-refractivity contribution in [3.63, 3.8) is 0 Å². The number of aryl methyl sites for hydroxylation is 1. The summed E-state index contributed by atoms with van der Waals surface area (Å²) in [4.78, 5) is 18.5. The number of carbonyl (C=O) groups is 1. The second-order valence-electron chi connectivity index (χ2n) is 6.19. The minimum atomic E-state index is -0.144. The van der Waals surface area contributed by atoms with Gasteiger partial charge >= 0.3 is 0 Å². The standard InChI is InChI=1S/C16H18N4OS2/c1-8-6-10-12(11(21)7-8)13(14-9(2)4-5-23-14)20-15(17-10)18-16(19-20)22-3/h4-5,8,13H,6-7H2,1-3H3,(H,17,18,19)/t8-,13-/m0/s1. The summed E-state index contributed by atoms with van der Waals surface area (Å²) in [6, 6.07) is 1.96. The molecule has 2 aromatic heterocycles. The zero-order valence-corrected chi connectivity index (χ0v) is 14.9. The summed E-state index contributed by atoms with van der Waals surface area (Å²) in [6.07, 6.45) is 3.47. The molecular formula is C16H18N4OS2. The zero-order chi connectivity index (χ0) is 16.1. The largest absolute Gasteiger partial charge is 0.328 e. The Morgan fingerprint density at radius 3 is 2.96 bits per heavy atom. The van der Waals surface area contributed by atoms with Crippen LogP contribution in [0.5, 0.6) is 0 Å². The molecule has 0 saturated heterocycles. The summed E-state index contributed by atoms with van der Waals surface area (Å²) in [7, 11) is 0. The molecule has 5 nitrogen and oxygen atoms in total. The predicted molar refractivity (Wildman–Crippen MR) is 93.1 cm³/mol. The molecule has 2 aliphatic rings. The summed E-state index contributed by atoms with van der Waals surface area (Å²) < 4.78 is 1.89. The number of thioether (sulfide) groups is 1. The fourth-order valence-corrected chi connectivity index (χ4v) is 4.75. The van der Waals surface area contributed by atoms with Crippen LogP contribution in [-0.4, -0.2) is 26.8 Å². The first kappa shape index (κ1) is 15.0. The number of nitrogens with one attached hydrogen (secondary N) is 1. The maximum Gasteiger partial charge on any atom is 0.227 e. The summed E-state index contributed by atoms with van der Waals surface area (Å²) in [6.45, 7) is 4.22. The van der Waals surface area contributed by atoms with E-state index in [1.807, 2.05) is 10.9 Å². The number of hydrogen-bond acceptors (Lipinski definition) is 6. The van der Waals surface area contributed by atoms with E-state index in [0.717, 1.165) is 28.8 Å². The van der Waals surface area contributed by atoms with Crippen LogP contribution >= 0.6 is 23.1 Å². The molecule has 0 radical (unpaired) electrons. The second-order valence-corrected chi connectivity index (χ2v) is 7.91. The van der Waals surface area contributed by atoms with Gasteiger partial charge in [0.15, 0.2) is 5.78 Å². The lowest BCUT2D eigenvalue weighted by Crippen LogP contribution is -2.33. The fraction of sp³-hybridized carbons (Fsp3) is 0.438. The van der Waals surface area contributed by atoms with Crippen molar-refractivity contribution in [2.75, 3.05) is 11.6 Å². The van der Waals surface area contributed by atoms with Gasteiger partial charge in [-0.1, -0.05) is 18.7 Å². The van der Waals surface area contributed by atoms with E-state index in [1.54, 1.807) is 11.3 Å². The van der Waals surface area contributed by atoms with Crippen LogP contribution in [0, 0.1) is 12.8 Å². The van der Waals surface area contributed by atoms with Gasteiger partial charge in [0.25, 0.3) is 0 Å². The lowest BCUT2D eigenvalue weighted by molar-refractivity contribution is -0.117. The van der Waals surface area contributed by atoms with Gasteiger partial charge in [0.1, 0.15) is 6.04 Å². The quantitative estimate of drug-likeness (QED) is 0.841. The normalized spacial score (nSPS) is 23.5. The number of anilines is 1. The Labute approximate surface area is 143 Å². The van der Waals surface area contributed by atoms with Crippen LogP contribution in [0.4, 0.5) is 5.95 Å². The minimum Gasteiger partial charge on any atom is -0.328 e. The zero-order valence-electron chi connectivity index (χ0n) is 13.3. The lowest BCUT2D eigenvalue weighted by Gasteiger charge is -2.33. The third-order valence-electron chi connectivity index (χ3n) is 4.44. The number of hydrogen-bond donors (Lipinski definition) is 1. The third kappa shape index (κ3) is 2.33. The first-order chi connectivity index (χ1) is 11.1. The molecule has 23 heavy (non-hydrogen) atoms. The number of thiophene rings is 1. The molecular weight excluding hydrogens is 328 g/mol. The molecule has 7 heteroatoms. The monoisotopic (exact) mass is 346 g/mol. The summed E-state index contributed by atoms with van der Waals surface area (Å²) in [5.74, 6) is 1.34. The van der Waals surface area contributed by atoms with Crippen LogP contribution in [0.25, 0.3) is 0 Å². The maximum absolute atomic E-state index is 12.8. The number of fused-ring (bicyclic) bond motifs is 1. The highest BCUT2D eigenvalue weighted by Crippen LogP contribution is 2.43. The second kappa shape index (κ2) is 5.49. The molecule has 0 aromatic carbocycles. The van der Waals surface area contributed by atoms with Gasteiger partial charge in [0.2, 0.25) is 11.1 Å². The molecule has 2 atom stereocenters. The Balaban J connectivity index is 1.92. The van der Waals surface area contributed by atoms with E-state index >= 15 is 0 Å². The first-order valence-electron chi connectivity index (χ1n) is 7.66. The highest BCUT2D eigenvalue weighted by molar-refractivity contribution is 7.98. The van der Waals surface area contributed by atoms with Gasteiger partial charge in [-0.15, -0.1) is 16.4 Å². The smallest absolute Gasteiger partial charge is 0.227 e. The summed E-state index contributed by atoms with van der Waals surface area (Å²) in [5, 5.41) is 10.8. The van der Waals surface area contributed by atoms with Crippen LogP contribution in [0.2, 0.25) is 0 Å². The number of ketones is 1. The van der Waals surface area contributed by atoms with E-state index in [-0.39, 0.29) is 11.8 Å². The average molecular weight is 346 g/mol. The van der Waals surface area contributed by atoms with E-state index in [9.17, 15) is 4.79 Å². The van der Waals surface area contributed by atoms with Gasteiger partial charge in [0.05, 0.1) is 0 Å². The van der Waals surface area contributed by atoms with E-state index in [2.05, 4.69) is 40.7 Å². The van der Waals surface area contributed by atoms with Crippen LogP contribution in [0.1, 0.15) is 36.2 Å². The molecule has 1 N–H and O–H groups in total. The molecule has 120 valence electrons. The predicted octanol–water partition coefficient (Wildman–Crippen LogP) is 3.64. The molecule has 0 bridgehead atoms. The summed E-state index contributed by atoms with van der Waals surface area (Å²) in [5.41, 5.74) is 3.10. The Morgan fingerprint density at radius 1 is 1.43 bits per heavy atom. The topological polar surface area (TPSA) is 59.8 Å². The molecule has 0 spiro atoms. The molecule has 1 aliphatic carbocycles. The number of Topliss-reactive ketones (excluding diaryl/α,β-unsaturated/α-hetero) is 1. The van der Waals surface area contributed by atoms with Crippen LogP contribution < -0.4 is 5.32 Å². The number of allylic oxidation sites excluding steroid dienone is 2. The Kier molecular flexibility index (Phi) is 3.57. The Hall–Kier alpha value is -1.60. The Morgan fingerprint density at radius 2 is 2.26 bits per heavy atom. The summed E-state index contributed by atoms with van der Waals surface area (Å²) >= 11 is 3.20. The van der Waals surface area contributed by atoms with Crippen molar-refractivity contribution in [2.45, 2.75) is 37.9 Å². The fourth-order valence-electron chi connectivity index (χ4n) is 3.38. The van der Waals surface area contributed by atoms with Crippen molar-refractivity contribution < 1.29 is 4.79 Å². The van der Waals surface area contributed by atoms with E-state index in [1.165, 1.54) is 22.2 Å². The SMILES string of the molecule is CSc1nc2n(n1)[C@H](c1sccc1C)C1=C(C[C@H](C)CC1=O)N2. The van der Waals surface area contributed by atoms with E-state index in [4.69, 9.17) is 0 Å². The number of nitrogens with zero attached hydrogens (tertiary/aromatic N) is 3. The molecule has 0 unspecified atom stereocenters. The lowest BCUT2D eigenvalue weighted by atomic mass is 9.82. The molecule has 2 aromatic rings. The highest BCUT2D eigenvalue weighted by Gasteiger charge is 2.39. The molecule has 4 rings (SSSR count). The number of carbonyl (C=O) groups excluding carboxylic acids is 1. The third-order valence-corrected chi connectivity index (χ3v) is 6.05. The first-order valence-corrected chi connectivity index (χ1v) is 9.76. The van der Waals surface area contributed by atoms with Gasteiger partial charge in [-0.2, -0.15) is 4.98 Å². The van der Waals surface area contributed by atoms with Crippen LogP contribution in [0.3, 0.4) is 0 Å². The van der Waals surface area contributed by atoms with Gasteiger partial charge in [0, 0.05) is 22.6 Å². The molecule has 0 saturated carbocycles. The van der Waals surface area contributed by atoms with Gasteiger partial charge in [-0.3, -0.25) is 4.79 Å². The van der Waals surface area contributed by atoms with Crippen molar-refractivity contribution in [2.24, 2.45) is 5.92 Å². The van der Waals surface area contributed by atoms with Crippen molar-refractivity contribution >= 4 is 34.8 Å². The van der Waals surface area contributed by atoms with E-state index < -0.39 is 0 Å². The van der Waals surface area contributed by atoms with Crippen molar-refractivity contribution in [3.05, 3.63) is 33.2 Å². The molecule has 0 amide bonds. The average Bonchev–Trinajstić information content (AvgIpc) is 3.10. The van der Waals surface area contributed by atoms with Crippen LogP contribution in [0.15, 0.2) is 27.9 Å². The number of rotatable bonds is 2. The van der Waals surface area contributed by atoms with E-state index in [0.29, 0.717) is 12.3 Å². The van der Waals surface area contributed by atoms with Crippen molar-refractivity contribution in [1.82, 2.24) is 14.8 Å². The minimum absolute atomic E-state index is 0.144. The van der Waals surface area contributed by atoms with Gasteiger partial charge < -0.3 is 5.32 Å². The van der Waals surface area contributed by atoms with Crippen LogP contribution in [-0.2, 0) is 4.79 Å². The highest BCUT2D eigenvalue weighted by atomic mass is 32.2. The molecule has 1 aliphatic heterocycles. The van der Waals surface area contributed by atoms with Gasteiger partial charge in [-0.25, -0.2) is 4.68 Å². The Bertz CT molecular complexity index is 820. The maximum atomic E-state index is 12.8. The van der Waals surface area contributed by atoms with Gasteiger partial charge in [-0.05, 0) is 42.5 Å². The molecule has 3 heterocycles. The van der Waals surface area contributed by atoms with Crippen molar-refractivity contribution in [1.29, 1.82) is 0 Å².